The van der Waals surface area contributed by atoms with Crippen molar-refractivity contribution in [3.8, 4) is 56.8 Å². The average Bonchev–Trinajstić information content (AvgIpc) is 4.29. The predicted molar refractivity (Wildman–Crippen MR) is 272 cm³/mol. The number of aliphatic hydroxyl groups is 6. The second-order valence-electron chi connectivity index (χ2n) is 18.8. The summed E-state index contributed by atoms with van der Waals surface area (Å²) in [5, 5.41) is 60.9. The topological polar surface area (TPSA) is 260 Å². The van der Waals surface area contributed by atoms with E-state index in [1.165, 1.54) is 0 Å². The number of benzene rings is 4. The molecule has 12 rings (SSSR count). The maximum Gasteiger partial charge on any atom is 0.296 e. The number of hydrogen-bond acceptors (Lipinski definition) is 16. The highest BCUT2D eigenvalue weighted by Gasteiger charge is 2.50. The van der Waals surface area contributed by atoms with Gasteiger partial charge in [-0.3, -0.25) is 0 Å². The number of aromatic amines is 2. The Bertz CT molecular complexity index is 3060. The number of aromatic nitrogens is 6. The molecule has 8 N–H and O–H groups in total. The number of H-pyrrole nitrogens is 2. The third kappa shape index (κ3) is 9.85. The molecule has 4 aliphatic heterocycles. The van der Waals surface area contributed by atoms with Gasteiger partial charge in [0.1, 0.15) is 36.6 Å². The minimum atomic E-state index is -1.83. The second kappa shape index (κ2) is 20.2. The molecule has 0 aliphatic carbocycles. The standard InChI is InChI=1S/2C27H26ClN3O6/c2*1-2-27(33,34)17-9-7-15(8-10-17)14-3-5-16(6-4-14)22-18(28)11-19-25(30-22)31-26(29-19)37-21-13-36-23-20(32)12-35-24(21)23/h2*3-11,20-21,23-24,32-34H,2,12-13H2,1H3,(H,29,30,31)/t2*20-,21-,23-,24-/m11/s1. The van der Waals surface area contributed by atoms with Crippen LogP contribution in [0.15, 0.2) is 109 Å². The van der Waals surface area contributed by atoms with Gasteiger partial charge in [-0.1, -0.05) is 134 Å². The molecule has 384 valence electrons. The summed E-state index contributed by atoms with van der Waals surface area (Å²) in [5.74, 6) is -3.67. The van der Waals surface area contributed by atoms with Crippen molar-refractivity contribution in [3.05, 3.63) is 130 Å². The number of nitrogens with zero attached hydrogens (tertiary/aromatic N) is 4. The van der Waals surface area contributed by atoms with Crippen molar-refractivity contribution >= 4 is 45.5 Å². The maximum atomic E-state index is 10.0. The Balaban J connectivity index is 0.000000159. The third-order valence-corrected chi connectivity index (χ3v) is 14.5. The van der Waals surface area contributed by atoms with Crippen LogP contribution in [0.3, 0.4) is 0 Å². The van der Waals surface area contributed by atoms with Gasteiger partial charge in [0, 0.05) is 35.1 Å². The fourth-order valence-corrected chi connectivity index (χ4v) is 10.1. The molecule has 4 aliphatic rings. The van der Waals surface area contributed by atoms with E-state index < -0.39 is 23.8 Å². The maximum absolute atomic E-state index is 10.0. The number of rotatable bonds is 12. The van der Waals surface area contributed by atoms with E-state index in [-0.39, 0.29) is 74.7 Å². The van der Waals surface area contributed by atoms with Crippen molar-refractivity contribution in [1.29, 1.82) is 0 Å². The highest BCUT2D eigenvalue weighted by atomic mass is 35.5. The molecule has 8 heterocycles. The summed E-state index contributed by atoms with van der Waals surface area (Å²) in [5.41, 5.74) is 9.78. The summed E-state index contributed by atoms with van der Waals surface area (Å²) in [7, 11) is 0. The van der Waals surface area contributed by atoms with E-state index in [1.807, 2.05) is 72.8 Å². The van der Waals surface area contributed by atoms with Crippen molar-refractivity contribution in [2.24, 2.45) is 0 Å². The van der Waals surface area contributed by atoms with Gasteiger partial charge in [0.2, 0.25) is 0 Å². The molecule has 0 amide bonds. The molecule has 4 fully saturated rings. The fraction of sp³-hybridized carbons (Fsp3) is 0.333. The van der Waals surface area contributed by atoms with E-state index in [0.717, 1.165) is 33.4 Å². The quantitative estimate of drug-likeness (QED) is 0.0586. The highest BCUT2D eigenvalue weighted by molar-refractivity contribution is 6.34. The van der Waals surface area contributed by atoms with Crippen LogP contribution in [-0.2, 0) is 30.5 Å². The molecule has 18 nitrogen and oxygen atoms in total. The SMILES string of the molecule is CCC(O)(O)c1ccc(-c2ccc(-c3nc4nc(O[C@@H]5CO[C@H]6[C@@H]5OC[C@H]6O)[nH]c4cc3Cl)cc2)cc1.CCC(O)(O)c1ccc(-c2ccc(-c3nc4nc(O[C@@H]5CO[C@H]6[C@@H]5OC[C@H]6O)[nH]c4cc3Cl)cc2)cc1. The minimum absolute atomic E-state index is 0.206. The number of imidazole rings is 2. The van der Waals surface area contributed by atoms with Crippen LogP contribution in [0.5, 0.6) is 12.0 Å². The highest BCUT2D eigenvalue weighted by Crippen LogP contribution is 2.36. The van der Waals surface area contributed by atoms with E-state index in [0.29, 0.717) is 68.1 Å². The molecule has 0 bridgehead atoms. The zero-order valence-electron chi connectivity index (χ0n) is 39.9. The molecule has 0 unspecified atom stereocenters. The molecule has 0 radical (unpaired) electrons. The van der Waals surface area contributed by atoms with Gasteiger partial charge in [0.25, 0.3) is 12.0 Å². The molecule has 4 aromatic carbocycles. The van der Waals surface area contributed by atoms with Crippen molar-refractivity contribution in [3.63, 3.8) is 0 Å². The lowest BCUT2D eigenvalue weighted by Crippen LogP contribution is -2.34. The van der Waals surface area contributed by atoms with Crippen LogP contribution in [0.25, 0.3) is 67.1 Å². The molecule has 4 aromatic heterocycles. The average molecular weight is 1050 g/mol. The first kappa shape index (κ1) is 50.1. The van der Waals surface area contributed by atoms with Crippen LogP contribution in [0.4, 0.5) is 0 Å². The number of halogens is 2. The predicted octanol–water partition coefficient (Wildman–Crippen LogP) is 6.80. The second-order valence-corrected chi connectivity index (χ2v) is 19.6. The van der Waals surface area contributed by atoms with Crippen LogP contribution in [0.2, 0.25) is 10.0 Å². The normalized spacial score (nSPS) is 23.5. The molecule has 0 spiro atoms. The first-order valence-electron chi connectivity index (χ1n) is 24.2. The Hall–Kier alpha value is -6.10. The molecular weight excluding hydrogens is 996 g/mol. The molecule has 8 aromatic rings. The fourth-order valence-electron chi connectivity index (χ4n) is 9.59. The van der Waals surface area contributed by atoms with Crippen LogP contribution in [0.1, 0.15) is 37.8 Å². The summed E-state index contributed by atoms with van der Waals surface area (Å²) < 4.78 is 34.4. The summed E-state index contributed by atoms with van der Waals surface area (Å²) >= 11 is 13.1. The van der Waals surface area contributed by atoms with Crippen LogP contribution in [0, 0.1) is 0 Å². The van der Waals surface area contributed by atoms with Gasteiger partial charge in [-0.2, -0.15) is 9.97 Å². The summed E-state index contributed by atoms with van der Waals surface area (Å²) in [4.78, 5) is 24.5. The number of fused-ring (bicyclic) bond motifs is 4. The minimum Gasteiger partial charge on any atom is -0.456 e. The van der Waals surface area contributed by atoms with Gasteiger partial charge in [-0.15, -0.1) is 0 Å². The Morgan fingerprint density at radius 3 is 1.16 bits per heavy atom. The zero-order valence-corrected chi connectivity index (χ0v) is 41.4. The molecule has 8 atom stereocenters. The zero-order chi connectivity index (χ0) is 51.5. The van der Waals surface area contributed by atoms with Crippen molar-refractivity contribution in [1.82, 2.24) is 29.9 Å². The number of pyridine rings is 2. The van der Waals surface area contributed by atoms with Crippen LogP contribution < -0.4 is 9.47 Å². The molecule has 74 heavy (non-hydrogen) atoms. The first-order chi connectivity index (χ1) is 35.6. The van der Waals surface area contributed by atoms with Crippen molar-refractivity contribution in [2.45, 2.75) is 87.1 Å². The summed E-state index contributed by atoms with van der Waals surface area (Å²) in [6.07, 6.45) is -3.10. The molecule has 0 saturated carbocycles. The van der Waals surface area contributed by atoms with E-state index in [9.17, 15) is 30.6 Å². The third-order valence-electron chi connectivity index (χ3n) is 14.0. The Kier molecular flexibility index (Phi) is 13.7. The number of aliphatic hydroxyl groups excluding tert-OH is 2. The lowest BCUT2D eigenvalue weighted by atomic mass is 9.98. The molecular formula is C54H52Cl2N6O12. The van der Waals surface area contributed by atoms with E-state index in [4.69, 9.17) is 51.6 Å². The lowest BCUT2D eigenvalue weighted by Gasteiger charge is -2.20. The van der Waals surface area contributed by atoms with Crippen molar-refractivity contribution < 1.29 is 59.1 Å². The smallest absolute Gasteiger partial charge is 0.296 e. The Labute approximate surface area is 433 Å². The van der Waals surface area contributed by atoms with Crippen LogP contribution >= 0.6 is 23.2 Å². The van der Waals surface area contributed by atoms with Crippen molar-refractivity contribution in [2.75, 3.05) is 26.4 Å². The summed E-state index contributed by atoms with van der Waals surface area (Å²) in [6, 6.07) is 34.0. The van der Waals surface area contributed by atoms with E-state index in [1.54, 1.807) is 50.2 Å². The van der Waals surface area contributed by atoms with Crippen LogP contribution in [-0.4, -0.2) is 136 Å². The Morgan fingerprint density at radius 1 is 0.486 bits per heavy atom. The van der Waals surface area contributed by atoms with E-state index >= 15 is 0 Å². The molecule has 4 saturated heterocycles. The monoisotopic (exact) mass is 1050 g/mol. The van der Waals surface area contributed by atoms with Gasteiger partial charge in [-0.05, 0) is 34.4 Å². The van der Waals surface area contributed by atoms with E-state index in [2.05, 4.69) is 29.9 Å². The largest absolute Gasteiger partial charge is 0.456 e. The number of nitrogens with one attached hydrogen (secondary N) is 2. The van der Waals surface area contributed by atoms with Gasteiger partial charge in [0.15, 0.2) is 35.1 Å². The number of ether oxygens (including phenoxy) is 6. The first-order valence-corrected chi connectivity index (χ1v) is 25.0. The van der Waals surface area contributed by atoms with Gasteiger partial charge < -0.3 is 69.0 Å². The van der Waals surface area contributed by atoms with Gasteiger partial charge >= 0.3 is 0 Å². The summed E-state index contributed by atoms with van der Waals surface area (Å²) in [6.45, 7) is 4.50. The van der Waals surface area contributed by atoms with Gasteiger partial charge in [-0.25, -0.2) is 9.97 Å². The molecule has 20 heteroatoms. The lowest BCUT2D eigenvalue weighted by molar-refractivity contribution is -0.171. The Morgan fingerprint density at radius 2 is 0.811 bits per heavy atom. The number of hydrogen-bond donors (Lipinski definition) is 8. The van der Waals surface area contributed by atoms with Gasteiger partial charge in [0.05, 0.1) is 58.9 Å².